The van der Waals surface area contributed by atoms with Gasteiger partial charge in [-0.3, -0.25) is 4.79 Å². The van der Waals surface area contributed by atoms with E-state index in [1.807, 2.05) is 60.7 Å². The smallest absolute Gasteiger partial charge is 0.227 e. The van der Waals surface area contributed by atoms with E-state index in [2.05, 4.69) is 6.58 Å². The van der Waals surface area contributed by atoms with Crippen molar-refractivity contribution in [2.75, 3.05) is 11.4 Å². The Kier molecular flexibility index (Phi) is 3.73. The highest BCUT2D eigenvalue weighted by Crippen LogP contribution is 2.28. The van der Waals surface area contributed by atoms with Gasteiger partial charge in [0.05, 0.1) is 0 Å². The number of carbonyl (C=O) groups excluding carboxylic acids is 1. The summed E-state index contributed by atoms with van der Waals surface area (Å²) < 4.78 is 5.75. The third-order valence-electron chi connectivity index (χ3n) is 3.62. The van der Waals surface area contributed by atoms with Gasteiger partial charge < -0.3 is 9.64 Å². The monoisotopic (exact) mass is 279 g/mol. The van der Waals surface area contributed by atoms with Gasteiger partial charge in [0.15, 0.2) is 0 Å². The van der Waals surface area contributed by atoms with Gasteiger partial charge in [-0.25, -0.2) is 0 Å². The van der Waals surface area contributed by atoms with Crippen LogP contribution in [0.5, 0.6) is 11.5 Å². The van der Waals surface area contributed by atoms with Crippen LogP contribution < -0.4 is 9.64 Å². The number of anilines is 1. The molecule has 106 valence electrons. The Morgan fingerprint density at radius 3 is 2.33 bits per heavy atom. The van der Waals surface area contributed by atoms with Crippen molar-refractivity contribution in [2.24, 2.45) is 5.92 Å². The second kappa shape index (κ2) is 5.83. The average molecular weight is 279 g/mol. The molecular weight excluding hydrogens is 262 g/mol. The molecule has 3 rings (SSSR count). The van der Waals surface area contributed by atoms with Crippen LogP contribution in [0.15, 0.2) is 67.3 Å². The molecule has 1 amide bonds. The van der Waals surface area contributed by atoms with Gasteiger partial charge >= 0.3 is 0 Å². The first-order chi connectivity index (χ1) is 10.3. The maximum absolute atomic E-state index is 12.0. The summed E-state index contributed by atoms with van der Waals surface area (Å²) in [5, 5.41) is 0. The van der Waals surface area contributed by atoms with E-state index in [0.29, 0.717) is 13.0 Å². The topological polar surface area (TPSA) is 29.5 Å². The maximum atomic E-state index is 12.0. The number of hydrogen-bond acceptors (Lipinski definition) is 2. The molecule has 1 heterocycles. The van der Waals surface area contributed by atoms with E-state index in [0.717, 1.165) is 17.2 Å². The van der Waals surface area contributed by atoms with Gasteiger partial charge in [-0.05, 0) is 36.4 Å². The number of rotatable bonds is 4. The van der Waals surface area contributed by atoms with E-state index in [4.69, 9.17) is 4.74 Å². The minimum absolute atomic E-state index is 0.150. The molecule has 1 unspecified atom stereocenters. The van der Waals surface area contributed by atoms with Crippen LogP contribution in [0.3, 0.4) is 0 Å². The molecule has 3 nitrogen and oxygen atoms in total. The molecule has 0 spiro atoms. The first-order valence-electron chi connectivity index (χ1n) is 7.02. The Morgan fingerprint density at radius 2 is 1.71 bits per heavy atom. The number of para-hydroxylation sites is 1. The summed E-state index contributed by atoms with van der Waals surface area (Å²) >= 11 is 0. The summed E-state index contributed by atoms with van der Waals surface area (Å²) in [7, 11) is 0. The Morgan fingerprint density at radius 1 is 1.05 bits per heavy atom. The lowest BCUT2D eigenvalue weighted by molar-refractivity contribution is -0.117. The van der Waals surface area contributed by atoms with E-state index < -0.39 is 0 Å². The second-order valence-corrected chi connectivity index (χ2v) is 5.11. The summed E-state index contributed by atoms with van der Waals surface area (Å²) in [6.07, 6.45) is 2.40. The SMILES string of the molecule is C=CC1CC(=O)N(c2ccc(Oc3ccccc3)cc2)C1. The van der Waals surface area contributed by atoms with E-state index >= 15 is 0 Å². The van der Waals surface area contributed by atoms with Crippen LogP contribution in [-0.2, 0) is 4.79 Å². The van der Waals surface area contributed by atoms with Crippen molar-refractivity contribution in [3.8, 4) is 11.5 Å². The highest BCUT2D eigenvalue weighted by Gasteiger charge is 2.28. The zero-order valence-corrected chi connectivity index (χ0v) is 11.7. The highest BCUT2D eigenvalue weighted by molar-refractivity contribution is 5.96. The lowest BCUT2D eigenvalue weighted by Gasteiger charge is -2.16. The van der Waals surface area contributed by atoms with Gasteiger partial charge in [0.25, 0.3) is 0 Å². The van der Waals surface area contributed by atoms with Crippen molar-refractivity contribution >= 4 is 11.6 Å². The Balaban J connectivity index is 1.72. The maximum Gasteiger partial charge on any atom is 0.227 e. The molecule has 3 heteroatoms. The van der Waals surface area contributed by atoms with Crippen molar-refractivity contribution in [2.45, 2.75) is 6.42 Å². The fourth-order valence-corrected chi connectivity index (χ4v) is 2.46. The predicted octanol–water partition coefficient (Wildman–Crippen LogP) is 4.02. The van der Waals surface area contributed by atoms with Crippen molar-refractivity contribution in [3.05, 3.63) is 67.3 Å². The van der Waals surface area contributed by atoms with Crippen LogP contribution in [0.4, 0.5) is 5.69 Å². The first kappa shape index (κ1) is 13.4. The molecule has 1 aliphatic rings. The fourth-order valence-electron chi connectivity index (χ4n) is 2.46. The zero-order chi connectivity index (χ0) is 14.7. The lowest BCUT2D eigenvalue weighted by Crippen LogP contribution is -2.24. The van der Waals surface area contributed by atoms with Crippen molar-refractivity contribution < 1.29 is 9.53 Å². The number of ether oxygens (including phenoxy) is 1. The molecule has 21 heavy (non-hydrogen) atoms. The van der Waals surface area contributed by atoms with Gasteiger partial charge in [0, 0.05) is 24.6 Å². The normalized spacial score (nSPS) is 17.8. The van der Waals surface area contributed by atoms with E-state index in [1.54, 1.807) is 4.90 Å². The Hall–Kier alpha value is -2.55. The largest absolute Gasteiger partial charge is 0.457 e. The van der Waals surface area contributed by atoms with Crippen LogP contribution >= 0.6 is 0 Å². The third-order valence-corrected chi connectivity index (χ3v) is 3.62. The van der Waals surface area contributed by atoms with E-state index in [1.165, 1.54) is 0 Å². The molecule has 0 aliphatic carbocycles. The van der Waals surface area contributed by atoms with Gasteiger partial charge in [-0.2, -0.15) is 0 Å². The summed E-state index contributed by atoms with van der Waals surface area (Å²) in [4.78, 5) is 13.8. The molecule has 0 radical (unpaired) electrons. The van der Waals surface area contributed by atoms with Crippen LogP contribution in [0, 0.1) is 5.92 Å². The molecule has 2 aromatic carbocycles. The van der Waals surface area contributed by atoms with Gasteiger partial charge in [0.2, 0.25) is 5.91 Å². The Bertz CT molecular complexity index is 634. The summed E-state index contributed by atoms with van der Waals surface area (Å²) in [5.74, 6) is 1.96. The molecule has 1 aliphatic heterocycles. The van der Waals surface area contributed by atoms with E-state index in [-0.39, 0.29) is 11.8 Å². The molecule has 1 atom stereocenters. The molecule has 0 saturated carbocycles. The Labute approximate surface area is 124 Å². The van der Waals surface area contributed by atoms with Crippen molar-refractivity contribution in [1.29, 1.82) is 0 Å². The number of hydrogen-bond donors (Lipinski definition) is 0. The van der Waals surface area contributed by atoms with Crippen LogP contribution in [0.2, 0.25) is 0 Å². The summed E-state index contributed by atoms with van der Waals surface area (Å²) in [5.41, 5.74) is 0.907. The van der Waals surface area contributed by atoms with Crippen LogP contribution in [0.25, 0.3) is 0 Å². The van der Waals surface area contributed by atoms with Gasteiger partial charge in [-0.1, -0.05) is 24.3 Å². The van der Waals surface area contributed by atoms with Gasteiger partial charge in [0.1, 0.15) is 11.5 Å². The average Bonchev–Trinajstić information content (AvgIpc) is 2.90. The van der Waals surface area contributed by atoms with Gasteiger partial charge in [-0.15, -0.1) is 6.58 Å². The van der Waals surface area contributed by atoms with Crippen molar-refractivity contribution in [1.82, 2.24) is 0 Å². The molecule has 0 bridgehead atoms. The molecule has 0 aromatic heterocycles. The number of nitrogens with zero attached hydrogens (tertiary/aromatic N) is 1. The number of benzene rings is 2. The zero-order valence-electron chi connectivity index (χ0n) is 11.7. The molecule has 1 saturated heterocycles. The number of carbonyl (C=O) groups is 1. The second-order valence-electron chi connectivity index (χ2n) is 5.11. The first-order valence-corrected chi connectivity index (χ1v) is 7.02. The quantitative estimate of drug-likeness (QED) is 0.791. The van der Waals surface area contributed by atoms with Crippen LogP contribution in [0.1, 0.15) is 6.42 Å². The molecule has 0 N–H and O–H groups in total. The summed E-state index contributed by atoms with van der Waals surface area (Å²) in [6, 6.07) is 17.2. The summed E-state index contributed by atoms with van der Waals surface area (Å²) in [6.45, 7) is 4.48. The third kappa shape index (κ3) is 2.97. The lowest BCUT2D eigenvalue weighted by atomic mass is 10.1. The fraction of sp³-hybridized carbons (Fsp3) is 0.167. The van der Waals surface area contributed by atoms with E-state index in [9.17, 15) is 4.79 Å². The number of amides is 1. The molecule has 1 fully saturated rings. The minimum atomic E-state index is 0.150. The molecular formula is C18H17NO2. The highest BCUT2D eigenvalue weighted by atomic mass is 16.5. The van der Waals surface area contributed by atoms with Crippen LogP contribution in [-0.4, -0.2) is 12.5 Å². The standard InChI is InChI=1S/C18H17NO2/c1-2-14-12-18(20)19(13-14)15-8-10-17(11-9-15)21-16-6-4-3-5-7-16/h2-11,14H,1,12-13H2. The minimum Gasteiger partial charge on any atom is -0.457 e. The predicted molar refractivity (Wildman–Crippen MR) is 83.6 cm³/mol. The van der Waals surface area contributed by atoms with Crippen molar-refractivity contribution in [3.63, 3.8) is 0 Å². The molecule has 2 aromatic rings.